The fourth-order valence-corrected chi connectivity index (χ4v) is 2.88. The maximum absolute atomic E-state index is 3.71. The highest BCUT2D eigenvalue weighted by molar-refractivity contribution is 5.20. The normalized spacial score (nSPS) is 14.9. The second-order valence-corrected chi connectivity index (χ2v) is 7.39. The summed E-state index contributed by atoms with van der Waals surface area (Å²) in [7, 11) is 0. The van der Waals surface area contributed by atoms with Gasteiger partial charge in [0.2, 0.25) is 0 Å². The molecular formula is C20H35N. The van der Waals surface area contributed by atoms with Crippen LogP contribution in [0.15, 0.2) is 30.3 Å². The molecule has 1 nitrogen and oxygen atoms in total. The summed E-state index contributed by atoms with van der Waals surface area (Å²) in [5.41, 5.74) is 1.68. The number of hydrogen-bond donors (Lipinski definition) is 1. The van der Waals surface area contributed by atoms with Gasteiger partial charge in [-0.2, -0.15) is 0 Å². The quantitative estimate of drug-likeness (QED) is 0.609. The molecule has 0 aliphatic carbocycles. The van der Waals surface area contributed by atoms with Crippen LogP contribution in [-0.2, 0) is 0 Å². The lowest BCUT2D eigenvalue weighted by molar-refractivity contribution is 0.345. The molecule has 1 aromatic rings. The van der Waals surface area contributed by atoms with E-state index >= 15 is 0 Å². The van der Waals surface area contributed by atoms with Crippen LogP contribution in [0.1, 0.15) is 78.2 Å². The van der Waals surface area contributed by atoms with Gasteiger partial charge in [-0.3, -0.25) is 0 Å². The van der Waals surface area contributed by atoms with Crippen LogP contribution in [0.25, 0.3) is 0 Å². The second-order valence-electron chi connectivity index (χ2n) is 7.39. The molecule has 0 amide bonds. The summed E-state index contributed by atoms with van der Waals surface area (Å²) in [6.07, 6.45) is 6.67. The van der Waals surface area contributed by atoms with Gasteiger partial charge in [0.05, 0.1) is 0 Å². The van der Waals surface area contributed by atoms with E-state index in [1.807, 2.05) is 0 Å². The van der Waals surface area contributed by atoms with E-state index in [-0.39, 0.29) is 5.54 Å². The van der Waals surface area contributed by atoms with E-state index < -0.39 is 0 Å². The highest BCUT2D eigenvalue weighted by Crippen LogP contribution is 2.28. The average molecular weight is 290 g/mol. The zero-order chi connectivity index (χ0) is 15.7. The molecule has 0 aliphatic rings. The number of nitrogens with one attached hydrogen (secondary N) is 1. The van der Waals surface area contributed by atoms with Crippen LogP contribution in [-0.4, -0.2) is 12.1 Å². The van der Waals surface area contributed by atoms with Crippen molar-refractivity contribution in [3.63, 3.8) is 0 Å². The lowest BCUT2D eigenvalue weighted by Gasteiger charge is -2.28. The van der Waals surface area contributed by atoms with Gasteiger partial charge in [-0.1, -0.05) is 69.9 Å². The van der Waals surface area contributed by atoms with Gasteiger partial charge in [-0.05, 0) is 44.6 Å². The Morgan fingerprint density at radius 2 is 1.71 bits per heavy atom. The van der Waals surface area contributed by atoms with Gasteiger partial charge in [0.15, 0.2) is 0 Å². The van der Waals surface area contributed by atoms with E-state index in [4.69, 9.17) is 0 Å². The molecule has 0 heterocycles. The SMILES string of the molecule is CCCCC(CC)CC(CNC(C)(C)C)c1ccccc1. The molecule has 0 saturated heterocycles. The first-order valence-electron chi connectivity index (χ1n) is 8.76. The summed E-state index contributed by atoms with van der Waals surface area (Å²) in [6.45, 7) is 12.5. The lowest BCUT2D eigenvalue weighted by Crippen LogP contribution is -2.39. The Hall–Kier alpha value is -0.820. The van der Waals surface area contributed by atoms with Crippen LogP contribution in [0.5, 0.6) is 0 Å². The Bertz CT molecular complexity index is 363. The van der Waals surface area contributed by atoms with Crippen LogP contribution in [0.2, 0.25) is 0 Å². The van der Waals surface area contributed by atoms with E-state index in [1.165, 1.54) is 37.7 Å². The van der Waals surface area contributed by atoms with E-state index in [9.17, 15) is 0 Å². The molecule has 0 saturated carbocycles. The van der Waals surface area contributed by atoms with Gasteiger partial charge in [0, 0.05) is 12.1 Å². The molecule has 0 fully saturated rings. The van der Waals surface area contributed by atoms with Crippen molar-refractivity contribution in [1.82, 2.24) is 5.32 Å². The Balaban J connectivity index is 2.71. The van der Waals surface area contributed by atoms with Gasteiger partial charge >= 0.3 is 0 Å². The van der Waals surface area contributed by atoms with Crippen LogP contribution in [0, 0.1) is 5.92 Å². The van der Waals surface area contributed by atoms with Crippen molar-refractivity contribution in [3.05, 3.63) is 35.9 Å². The Labute approximate surface area is 132 Å². The molecule has 2 unspecified atom stereocenters. The smallest absolute Gasteiger partial charge is 0.00967 e. The standard InChI is InChI=1S/C20H35N/c1-6-8-12-17(7-2)15-19(16-21-20(3,4)5)18-13-10-9-11-14-18/h9-11,13-14,17,19,21H,6-8,12,15-16H2,1-5H3. The number of hydrogen-bond acceptors (Lipinski definition) is 1. The molecule has 0 spiro atoms. The summed E-state index contributed by atoms with van der Waals surface area (Å²) in [5, 5.41) is 3.71. The summed E-state index contributed by atoms with van der Waals surface area (Å²) in [5.74, 6) is 1.49. The van der Waals surface area contributed by atoms with Gasteiger partial charge in [0.25, 0.3) is 0 Å². The molecule has 1 N–H and O–H groups in total. The van der Waals surface area contributed by atoms with Gasteiger partial charge in [-0.15, -0.1) is 0 Å². The van der Waals surface area contributed by atoms with E-state index in [0.29, 0.717) is 5.92 Å². The monoisotopic (exact) mass is 289 g/mol. The first-order valence-corrected chi connectivity index (χ1v) is 8.76. The third kappa shape index (κ3) is 7.66. The van der Waals surface area contributed by atoms with Crippen molar-refractivity contribution in [3.8, 4) is 0 Å². The van der Waals surface area contributed by atoms with Crippen molar-refractivity contribution in [2.24, 2.45) is 5.92 Å². The van der Waals surface area contributed by atoms with Crippen LogP contribution < -0.4 is 5.32 Å². The molecule has 1 aromatic carbocycles. The molecule has 1 rings (SSSR count). The molecule has 2 atom stereocenters. The highest BCUT2D eigenvalue weighted by Gasteiger charge is 2.19. The fourth-order valence-electron chi connectivity index (χ4n) is 2.88. The van der Waals surface area contributed by atoms with E-state index in [2.05, 4.69) is 70.3 Å². The minimum Gasteiger partial charge on any atom is -0.311 e. The van der Waals surface area contributed by atoms with Crippen LogP contribution >= 0.6 is 0 Å². The molecule has 0 aliphatic heterocycles. The molecule has 120 valence electrons. The number of unbranched alkanes of at least 4 members (excludes halogenated alkanes) is 1. The van der Waals surface area contributed by atoms with Crippen LogP contribution in [0.4, 0.5) is 0 Å². The Morgan fingerprint density at radius 3 is 2.24 bits per heavy atom. The summed E-state index contributed by atoms with van der Waals surface area (Å²) in [4.78, 5) is 0. The molecular weight excluding hydrogens is 254 g/mol. The van der Waals surface area contributed by atoms with Gasteiger partial charge < -0.3 is 5.32 Å². The topological polar surface area (TPSA) is 12.0 Å². The van der Waals surface area contributed by atoms with Gasteiger partial charge in [0.1, 0.15) is 0 Å². The maximum atomic E-state index is 3.71. The predicted octanol–water partition coefficient (Wildman–Crippen LogP) is 5.76. The van der Waals surface area contributed by atoms with E-state index in [1.54, 1.807) is 0 Å². The van der Waals surface area contributed by atoms with Crippen molar-refractivity contribution in [2.45, 2.75) is 78.2 Å². The van der Waals surface area contributed by atoms with Crippen molar-refractivity contribution >= 4 is 0 Å². The molecule has 0 radical (unpaired) electrons. The first-order chi connectivity index (χ1) is 9.96. The fraction of sp³-hybridized carbons (Fsp3) is 0.700. The first kappa shape index (κ1) is 18.2. The molecule has 0 aromatic heterocycles. The van der Waals surface area contributed by atoms with Crippen molar-refractivity contribution in [1.29, 1.82) is 0 Å². The Kier molecular flexibility index (Phi) is 8.03. The highest BCUT2D eigenvalue weighted by atomic mass is 14.9. The zero-order valence-electron chi connectivity index (χ0n) is 14.8. The zero-order valence-corrected chi connectivity index (χ0v) is 14.8. The summed E-state index contributed by atoms with van der Waals surface area (Å²) in [6, 6.07) is 11.0. The third-order valence-corrected chi connectivity index (χ3v) is 4.31. The van der Waals surface area contributed by atoms with E-state index in [0.717, 1.165) is 12.5 Å². The van der Waals surface area contributed by atoms with Crippen LogP contribution in [0.3, 0.4) is 0 Å². The van der Waals surface area contributed by atoms with Gasteiger partial charge in [-0.25, -0.2) is 0 Å². The lowest BCUT2D eigenvalue weighted by atomic mass is 9.84. The third-order valence-electron chi connectivity index (χ3n) is 4.31. The van der Waals surface area contributed by atoms with Crippen molar-refractivity contribution in [2.75, 3.05) is 6.54 Å². The largest absolute Gasteiger partial charge is 0.311 e. The molecule has 1 heteroatoms. The molecule has 21 heavy (non-hydrogen) atoms. The minimum atomic E-state index is 0.193. The molecule has 0 bridgehead atoms. The maximum Gasteiger partial charge on any atom is 0.00967 e. The number of rotatable bonds is 9. The Morgan fingerprint density at radius 1 is 1.05 bits per heavy atom. The summed E-state index contributed by atoms with van der Waals surface area (Å²) >= 11 is 0. The van der Waals surface area contributed by atoms with Crippen molar-refractivity contribution < 1.29 is 0 Å². The average Bonchev–Trinajstić information content (AvgIpc) is 2.46. The number of benzene rings is 1. The predicted molar refractivity (Wildman–Crippen MR) is 94.9 cm³/mol. The minimum absolute atomic E-state index is 0.193. The second kappa shape index (κ2) is 9.25. The summed E-state index contributed by atoms with van der Waals surface area (Å²) < 4.78 is 0.